The molecular formula is C2H8NO6P. The molecule has 0 saturated heterocycles. The van der Waals surface area contributed by atoms with Crippen LogP contribution in [0.3, 0.4) is 0 Å². The largest absolute Gasteiger partial charge is 0.756 e. The fourth-order valence-electron chi connectivity index (χ4n) is 0. The number of phosphoric acid groups is 1. The van der Waals surface area contributed by atoms with Gasteiger partial charge in [0, 0.05) is 0 Å². The van der Waals surface area contributed by atoms with Crippen molar-refractivity contribution in [1.29, 1.82) is 0 Å². The van der Waals surface area contributed by atoms with E-state index in [-0.39, 0.29) is 6.54 Å². The summed E-state index contributed by atoms with van der Waals surface area (Å²) < 4.78 is 8.77. The van der Waals surface area contributed by atoms with Crippen molar-refractivity contribution in [1.82, 2.24) is 0 Å². The summed E-state index contributed by atoms with van der Waals surface area (Å²) in [4.78, 5) is 32.2. The third kappa shape index (κ3) is 136. The monoisotopic (exact) mass is 173 g/mol. The SMILES string of the molecule is O=P([O-])(O)O.[NH3+]CC(=O)O. The molecule has 0 aromatic heterocycles. The maximum atomic E-state index is 9.31. The quantitative estimate of drug-likeness (QED) is 0.306. The highest BCUT2D eigenvalue weighted by Crippen LogP contribution is 2.18. The first-order valence-electron chi connectivity index (χ1n) is 2.05. The zero-order valence-corrected chi connectivity index (χ0v) is 5.82. The maximum absolute atomic E-state index is 9.31. The van der Waals surface area contributed by atoms with E-state index in [1.54, 1.807) is 0 Å². The average Bonchev–Trinajstić information content (AvgIpc) is 1.61. The molecule has 0 radical (unpaired) electrons. The van der Waals surface area contributed by atoms with Gasteiger partial charge in [-0.05, 0) is 0 Å². The summed E-state index contributed by atoms with van der Waals surface area (Å²) in [6.45, 7) is -0.0278. The Labute approximate surface area is 56.3 Å². The summed E-state index contributed by atoms with van der Waals surface area (Å²) in [5.74, 6) is -0.856. The van der Waals surface area contributed by atoms with Gasteiger partial charge >= 0.3 is 5.97 Å². The molecule has 0 spiro atoms. The van der Waals surface area contributed by atoms with E-state index >= 15 is 0 Å². The van der Waals surface area contributed by atoms with E-state index in [0.717, 1.165) is 0 Å². The summed E-state index contributed by atoms with van der Waals surface area (Å²) in [5, 5.41) is 7.66. The molecule has 7 nitrogen and oxygen atoms in total. The van der Waals surface area contributed by atoms with Crippen molar-refractivity contribution in [3.63, 3.8) is 0 Å². The predicted octanol–water partition coefficient (Wildman–Crippen LogP) is -3.25. The Morgan fingerprint density at radius 3 is 1.70 bits per heavy atom. The molecule has 0 unspecified atom stereocenters. The number of hydrogen-bond donors (Lipinski definition) is 4. The first-order chi connectivity index (χ1) is 4.27. The van der Waals surface area contributed by atoms with Crippen molar-refractivity contribution in [2.75, 3.05) is 6.54 Å². The lowest BCUT2D eigenvalue weighted by atomic mass is 10.7. The summed E-state index contributed by atoms with van der Waals surface area (Å²) in [6, 6.07) is 0. The molecule has 0 aliphatic carbocycles. The van der Waals surface area contributed by atoms with E-state index in [0.29, 0.717) is 0 Å². The molecule has 10 heavy (non-hydrogen) atoms. The minimum atomic E-state index is -4.89. The number of hydrogen-bond acceptors (Lipinski definition) is 3. The summed E-state index contributed by atoms with van der Waals surface area (Å²) in [6.07, 6.45) is 0. The van der Waals surface area contributed by atoms with Gasteiger partial charge < -0.3 is 25.5 Å². The lowest BCUT2D eigenvalue weighted by Crippen LogP contribution is -2.54. The molecule has 0 saturated carbocycles. The van der Waals surface area contributed by atoms with E-state index in [1.165, 1.54) is 0 Å². The van der Waals surface area contributed by atoms with Crippen LogP contribution in [0.15, 0.2) is 0 Å². The first kappa shape index (κ1) is 12.2. The molecule has 62 valence electrons. The highest BCUT2D eigenvalue weighted by Gasteiger charge is 1.85. The number of carbonyl (C=O) groups is 1. The van der Waals surface area contributed by atoms with Crippen molar-refractivity contribution >= 4 is 13.8 Å². The fraction of sp³-hybridized carbons (Fsp3) is 0.500. The molecule has 0 aromatic rings. The summed E-state index contributed by atoms with van der Waals surface area (Å²) in [5.41, 5.74) is 3.09. The number of rotatable bonds is 1. The second kappa shape index (κ2) is 5.33. The van der Waals surface area contributed by atoms with E-state index in [1.807, 2.05) is 0 Å². The van der Waals surface area contributed by atoms with Gasteiger partial charge in [0.1, 0.15) is 0 Å². The Kier molecular flexibility index (Phi) is 6.53. The molecule has 0 fully saturated rings. The van der Waals surface area contributed by atoms with Crippen LogP contribution >= 0.6 is 7.82 Å². The van der Waals surface area contributed by atoms with Crippen molar-refractivity contribution in [2.24, 2.45) is 0 Å². The zero-order valence-electron chi connectivity index (χ0n) is 4.93. The normalized spacial score (nSPS) is 9.60. The van der Waals surface area contributed by atoms with Crippen LogP contribution in [0.1, 0.15) is 0 Å². The van der Waals surface area contributed by atoms with Gasteiger partial charge in [-0.3, -0.25) is 4.57 Å². The Hall–Kier alpha value is -0.460. The van der Waals surface area contributed by atoms with Crippen molar-refractivity contribution < 1.29 is 34.9 Å². The molecule has 0 amide bonds. The topological polar surface area (TPSA) is 146 Å². The third-order valence-corrected chi connectivity index (χ3v) is 0.214. The fourth-order valence-corrected chi connectivity index (χ4v) is 0. The smallest absolute Gasteiger partial charge is 0.359 e. The molecule has 0 atom stereocenters. The van der Waals surface area contributed by atoms with Gasteiger partial charge in [-0.25, -0.2) is 4.79 Å². The van der Waals surface area contributed by atoms with E-state index in [2.05, 4.69) is 5.73 Å². The Morgan fingerprint density at radius 1 is 1.60 bits per heavy atom. The molecule has 0 heterocycles. The van der Waals surface area contributed by atoms with Crippen LogP contribution in [0.4, 0.5) is 0 Å². The van der Waals surface area contributed by atoms with Gasteiger partial charge in [0.2, 0.25) is 0 Å². The van der Waals surface area contributed by atoms with E-state index < -0.39 is 13.8 Å². The Morgan fingerprint density at radius 2 is 1.70 bits per heavy atom. The Bertz CT molecular complexity index is 130. The lowest BCUT2D eigenvalue weighted by molar-refractivity contribution is -0.358. The van der Waals surface area contributed by atoms with Crippen LogP contribution in [0, 0.1) is 0 Å². The lowest BCUT2D eigenvalue weighted by Gasteiger charge is -2.01. The Balaban J connectivity index is 0. The second-order valence-electron chi connectivity index (χ2n) is 1.13. The third-order valence-electron chi connectivity index (χ3n) is 0.214. The number of carboxylic acids is 1. The van der Waals surface area contributed by atoms with Gasteiger partial charge in [-0.2, -0.15) is 0 Å². The van der Waals surface area contributed by atoms with Crippen molar-refractivity contribution in [3.8, 4) is 0 Å². The van der Waals surface area contributed by atoms with E-state index in [4.69, 9.17) is 24.4 Å². The minimum absolute atomic E-state index is 0.0278. The van der Waals surface area contributed by atoms with Crippen LogP contribution in [0.2, 0.25) is 0 Å². The van der Waals surface area contributed by atoms with Gasteiger partial charge in [0.25, 0.3) is 7.82 Å². The van der Waals surface area contributed by atoms with Crippen molar-refractivity contribution in [3.05, 3.63) is 0 Å². The van der Waals surface area contributed by atoms with Crippen molar-refractivity contribution in [2.45, 2.75) is 0 Å². The van der Waals surface area contributed by atoms with Crippen LogP contribution in [0.25, 0.3) is 0 Å². The first-order valence-corrected chi connectivity index (χ1v) is 3.58. The zero-order chi connectivity index (χ0) is 8.78. The van der Waals surface area contributed by atoms with Crippen LogP contribution < -0.4 is 10.6 Å². The molecule has 0 bridgehead atoms. The average molecular weight is 173 g/mol. The van der Waals surface area contributed by atoms with Gasteiger partial charge in [0.15, 0.2) is 6.54 Å². The number of carboxylic acid groups (broad SMARTS) is 1. The molecule has 0 rings (SSSR count). The maximum Gasteiger partial charge on any atom is 0.359 e. The van der Waals surface area contributed by atoms with Crippen LogP contribution in [-0.2, 0) is 9.36 Å². The standard InChI is InChI=1S/C2H5NO2.H3O4P/c3-1-2(4)5;1-5(2,3)4/h1,3H2,(H,4,5);(H3,1,2,3,4). The number of quaternary nitrogens is 1. The summed E-state index contributed by atoms with van der Waals surface area (Å²) >= 11 is 0. The van der Waals surface area contributed by atoms with E-state index in [9.17, 15) is 4.79 Å². The molecule has 0 aliphatic heterocycles. The highest BCUT2D eigenvalue weighted by atomic mass is 31.2. The van der Waals surface area contributed by atoms with Gasteiger partial charge in [0.05, 0.1) is 0 Å². The highest BCUT2D eigenvalue weighted by molar-refractivity contribution is 7.43. The predicted molar refractivity (Wildman–Crippen MR) is 27.4 cm³/mol. The molecular weight excluding hydrogens is 165 g/mol. The van der Waals surface area contributed by atoms with Gasteiger partial charge in [-0.1, -0.05) is 0 Å². The molecule has 0 aromatic carbocycles. The van der Waals surface area contributed by atoms with Gasteiger partial charge in [-0.15, -0.1) is 0 Å². The summed E-state index contributed by atoms with van der Waals surface area (Å²) in [7, 11) is -4.89. The molecule has 6 N–H and O–H groups in total. The molecule has 0 aliphatic rings. The second-order valence-corrected chi connectivity index (χ2v) is 2.12. The van der Waals surface area contributed by atoms with Crippen LogP contribution in [0.5, 0.6) is 0 Å². The van der Waals surface area contributed by atoms with Crippen LogP contribution in [-0.4, -0.2) is 27.4 Å². The number of aliphatic carboxylic acids is 1. The molecule has 8 heteroatoms. The minimum Gasteiger partial charge on any atom is -0.756 e.